The average Bonchev–Trinajstić information content (AvgIpc) is 2.96. The molecule has 2 nitrogen and oxygen atoms in total. The molecule has 0 amide bonds. The number of halogens is 2. The third kappa shape index (κ3) is 3.17. The van der Waals surface area contributed by atoms with Crippen molar-refractivity contribution >= 4 is 11.6 Å². The van der Waals surface area contributed by atoms with Crippen molar-refractivity contribution in [3.05, 3.63) is 70.5 Å². The third-order valence-corrected chi connectivity index (χ3v) is 4.76. The number of nitrogens with two attached hydrogens (primary N) is 1. The highest BCUT2D eigenvalue weighted by Gasteiger charge is 2.33. The maximum Gasteiger partial charge on any atom is 0.146 e. The van der Waals surface area contributed by atoms with Crippen molar-refractivity contribution in [2.45, 2.75) is 12.5 Å². The lowest BCUT2D eigenvalue weighted by molar-refractivity contribution is 0.311. The van der Waals surface area contributed by atoms with E-state index in [1.165, 1.54) is 5.56 Å². The first-order chi connectivity index (χ1) is 10.7. The molecule has 1 saturated heterocycles. The number of likely N-dealkylation sites (tertiary alicyclic amines) is 1. The Morgan fingerprint density at radius 1 is 1.09 bits per heavy atom. The average molecular weight is 319 g/mol. The summed E-state index contributed by atoms with van der Waals surface area (Å²) in [6.07, 6.45) is 0. The van der Waals surface area contributed by atoms with Crippen LogP contribution < -0.4 is 5.73 Å². The van der Waals surface area contributed by atoms with E-state index in [0.29, 0.717) is 30.5 Å². The van der Waals surface area contributed by atoms with Crippen molar-refractivity contribution in [3.63, 3.8) is 0 Å². The summed E-state index contributed by atoms with van der Waals surface area (Å²) in [5.74, 6) is 0.509. The van der Waals surface area contributed by atoms with E-state index in [-0.39, 0.29) is 10.8 Å². The molecule has 2 N–H and O–H groups in total. The van der Waals surface area contributed by atoms with Gasteiger partial charge in [0.2, 0.25) is 0 Å². The van der Waals surface area contributed by atoms with Gasteiger partial charge in [0, 0.05) is 31.1 Å². The normalized spacial score (nSPS) is 22.1. The van der Waals surface area contributed by atoms with Crippen molar-refractivity contribution < 1.29 is 4.39 Å². The molecule has 0 unspecified atom stereocenters. The fourth-order valence-corrected chi connectivity index (χ4v) is 3.51. The number of rotatable bonds is 4. The second-order valence-electron chi connectivity index (χ2n) is 5.92. The van der Waals surface area contributed by atoms with Gasteiger partial charge in [0.15, 0.2) is 0 Å². The van der Waals surface area contributed by atoms with Gasteiger partial charge in [-0.05, 0) is 24.1 Å². The second-order valence-corrected chi connectivity index (χ2v) is 6.33. The van der Waals surface area contributed by atoms with Gasteiger partial charge >= 0.3 is 0 Å². The summed E-state index contributed by atoms with van der Waals surface area (Å²) in [5, 5.41) is 0.187. The molecule has 116 valence electrons. The van der Waals surface area contributed by atoms with Crippen LogP contribution in [0.3, 0.4) is 0 Å². The smallest absolute Gasteiger partial charge is 0.146 e. The number of hydrogen-bond acceptors (Lipinski definition) is 2. The Morgan fingerprint density at radius 3 is 2.59 bits per heavy atom. The summed E-state index contributed by atoms with van der Waals surface area (Å²) in [7, 11) is 0. The molecule has 1 heterocycles. The Labute approximate surface area is 135 Å². The van der Waals surface area contributed by atoms with E-state index in [2.05, 4.69) is 29.2 Å². The van der Waals surface area contributed by atoms with Crippen molar-refractivity contribution in [3.8, 4) is 0 Å². The molecule has 4 heteroatoms. The molecule has 22 heavy (non-hydrogen) atoms. The van der Waals surface area contributed by atoms with Gasteiger partial charge in [-0.1, -0.05) is 54.1 Å². The van der Waals surface area contributed by atoms with E-state index in [1.54, 1.807) is 18.2 Å². The molecule has 0 spiro atoms. The van der Waals surface area contributed by atoms with Crippen LogP contribution in [-0.4, -0.2) is 24.5 Å². The predicted molar refractivity (Wildman–Crippen MR) is 88.4 cm³/mol. The van der Waals surface area contributed by atoms with Crippen LogP contribution >= 0.6 is 11.6 Å². The molecule has 0 bridgehead atoms. The van der Waals surface area contributed by atoms with Crippen LogP contribution in [0.5, 0.6) is 0 Å². The standard InChI is InChI=1S/C18H20ClFN2/c19-17-8-4-7-14(18(17)20)10-22-11-15(9-21)16(12-22)13-5-2-1-3-6-13/h1-8,15-16H,9-12,21H2/t15-,16+/m1/s1. The van der Waals surface area contributed by atoms with Crippen molar-refractivity contribution in [2.24, 2.45) is 11.7 Å². The molecule has 1 aliphatic rings. The van der Waals surface area contributed by atoms with E-state index < -0.39 is 0 Å². The van der Waals surface area contributed by atoms with Crippen LogP contribution in [0.2, 0.25) is 5.02 Å². The number of hydrogen-bond donors (Lipinski definition) is 1. The Hall–Kier alpha value is -1.42. The summed E-state index contributed by atoms with van der Waals surface area (Å²) < 4.78 is 14.1. The Kier molecular flexibility index (Phi) is 4.77. The van der Waals surface area contributed by atoms with Gasteiger partial charge in [-0.25, -0.2) is 4.39 Å². The number of benzene rings is 2. The Bertz CT molecular complexity index is 632. The van der Waals surface area contributed by atoms with Crippen LogP contribution in [0.4, 0.5) is 4.39 Å². The minimum atomic E-state index is -0.309. The monoisotopic (exact) mass is 318 g/mol. The molecule has 2 aromatic carbocycles. The van der Waals surface area contributed by atoms with Gasteiger partial charge in [0.1, 0.15) is 5.82 Å². The van der Waals surface area contributed by atoms with Crippen molar-refractivity contribution in [2.75, 3.05) is 19.6 Å². The zero-order chi connectivity index (χ0) is 15.5. The molecule has 0 radical (unpaired) electrons. The maximum absolute atomic E-state index is 14.1. The SMILES string of the molecule is NC[C@@H]1CN(Cc2cccc(Cl)c2F)C[C@H]1c1ccccc1. The molecular formula is C18H20ClFN2. The van der Waals surface area contributed by atoms with Gasteiger partial charge in [0.05, 0.1) is 5.02 Å². The highest BCUT2D eigenvalue weighted by molar-refractivity contribution is 6.30. The topological polar surface area (TPSA) is 29.3 Å². The summed E-state index contributed by atoms with van der Waals surface area (Å²) in [6, 6.07) is 15.6. The molecule has 0 saturated carbocycles. The summed E-state index contributed by atoms with van der Waals surface area (Å²) in [4.78, 5) is 2.27. The lowest BCUT2D eigenvalue weighted by Gasteiger charge is -2.17. The fourth-order valence-electron chi connectivity index (χ4n) is 3.32. The molecule has 2 atom stereocenters. The first-order valence-corrected chi connectivity index (χ1v) is 7.97. The van der Waals surface area contributed by atoms with Crippen LogP contribution in [0.25, 0.3) is 0 Å². The molecule has 1 aliphatic heterocycles. The van der Waals surface area contributed by atoms with E-state index in [4.69, 9.17) is 17.3 Å². The van der Waals surface area contributed by atoms with Crippen LogP contribution in [-0.2, 0) is 6.54 Å². The first-order valence-electron chi connectivity index (χ1n) is 7.59. The minimum Gasteiger partial charge on any atom is -0.330 e. The molecule has 0 aliphatic carbocycles. The van der Waals surface area contributed by atoms with E-state index in [9.17, 15) is 4.39 Å². The van der Waals surface area contributed by atoms with Crippen LogP contribution in [0.1, 0.15) is 17.0 Å². The second kappa shape index (κ2) is 6.78. The van der Waals surface area contributed by atoms with E-state index in [1.807, 2.05) is 6.07 Å². The molecule has 0 aromatic heterocycles. The molecule has 1 fully saturated rings. The first kappa shape index (κ1) is 15.5. The van der Waals surface area contributed by atoms with Gasteiger partial charge in [-0.2, -0.15) is 0 Å². The summed E-state index contributed by atoms with van der Waals surface area (Å²) in [5.41, 5.74) is 7.91. The lowest BCUT2D eigenvalue weighted by Crippen LogP contribution is -2.23. The zero-order valence-electron chi connectivity index (χ0n) is 12.4. The van der Waals surface area contributed by atoms with Crippen LogP contribution in [0, 0.1) is 11.7 Å². The highest BCUT2D eigenvalue weighted by atomic mass is 35.5. The van der Waals surface area contributed by atoms with Crippen molar-refractivity contribution in [1.82, 2.24) is 4.90 Å². The van der Waals surface area contributed by atoms with Gasteiger partial charge in [-0.3, -0.25) is 4.90 Å². The van der Waals surface area contributed by atoms with E-state index >= 15 is 0 Å². The zero-order valence-corrected chi connectivity index (χ0v) is 13.1. The summed E-state index contributed by atoms with van der Waals surface area (Å²) >= 11 is 5.87. The maximum atomic E-state index is 14.1. The Morgan fingerprint density at radius 2 is 1.86 bits per heavy atom. The molecular weight excluding hydrogens is 299 g/mol. The van der Waals surface area contributed by atoms with E-state index in [0.717, 1.165) is 13.1 Å². The number of nitrogens with zero attached hydrogens (tertiary/aromatic N) is 1. The summed E-state index contributed by atoms with van der Waals surface area (Å²) in [6.45, 7) is 3.01. The quantitative estimate of drug-likeness (QED) is 0.932. The third-order valence-electron chi connectivity index (χ3n) is 4.47. The van der Waals surface area contributed by atoms with Crippen LogP contribution in [0.15, 0.2) is 48.5 Å². The fraction of sp³-hybridized carbons (Fsp3) is 0.333. The molecule has 2 aromatic rings. The molecule has 3 rings (SSSR count). The predicted octanol–water partition coefficient (Wildman–Crippen LogP) is 3.65. The minimum absolute atomic E-state index is 0.187. The van der Waals surface area contributed by atoms with Crippen molar-refractivity contribution in [1.29, 1.82) is 0 Å². The lowest BCUT2D eigenvalue weighted by atomic mass is 9.89. The largest absolute Gasteiger partial charge is 0.330 e. The Balaban J connectivity index is 1.76. The van der Waals surface area contributed by atoms with Gasteiger partial charge in [0.25, 0.3) is 0 Å². The van der Waals surface area contributed by atoms with Gasteiger partial charge in [-0.15, -0.1) is 0 Å². The van der Waals surface area contributed by atoms with Gasteiger partial charge < -0.3 is 5.73 Å². The highest BCUT2D eigenvalue weighted by Crippen LogP contribution is 2.33.